The lowest BCUT2D eigenvalue weighted by atomic mass is 10.1. The molecule has 32 heavy (non-hydrogen) atoms. The molecule has 0 saturated heterocycles. The number of amides is 1. The van der Waals surface area contributed by atoms with Crippen molar-refractivity contribution in [3.8, 4) is 17.2 Å². The van der Waals surface area contributed by atoms with Crippen LogP contribution in [0, 0.1) is 0 Å². The van der Waals surface area contributed by atoms with Crippen molar-refractivity contribution in [1.29, 1.82) is 0 Å². The minimum atomic E-state index is -0.176. The van der Waals surface area contributed by atoms with Gasteiger partial charge in [0.15, 0.2) is 11.5 Å². The van der Waals surface area contributed by atoms with E-state index in [-0.39, 0.29) is 5.91 Å². The van der Waals surface area contributed by atoms with Crippen LogP contribution in [-0.2, 0) is 4.79 Å². The number of rotatable bonds is 12. The van der Waals surface area contributed by atoms with E-state index in [9.17, 15) is 4.79 Å². The molecule has 0 saturated carbocycles. The highest BCUT2D eigenvalue weighted by molar-refractivity contribution is 5.91. The number of ether oxygens (including phenoxy) is 3. The molecule has 0 fully saturated rings. The number of unbranched alkanes of at least 4 members (excludes halogenated alkanes) is 2. The molecule has 0 aromatic heterocycles. The molecule has 1 N–H and O–H groups in total. The highest BCUT2D eigenvalue weighted by Gasteiger charge is 2.05. The van der Waals surface area contributed by atoms with Gasteiger partial charge < -0.3 is 19.5 Å². The molecule has 3 aromatic rings. The Morgan fingerprint density at radius 1 is 0.906 bits per heavy atom. The van der Waals surface area contributed by atoms with E-state index in [1.807, 2.05) is 48.5 Å². The molecule has 5 nitrogen and oxygen atoms in total. The highest BCUT2D eigenvalue weighted by atomic mass is 16.5. The van der Waals surface area contributed by atoms with Gasteiger partial charge in [-0.15, -0.1) is 0 Å². The molecular weight excluding hydrogens is 402 g/mol. The Balaban J connectivity index is 1.46. The summed E-state index contributed by atoms with van der Waals surface area (Å²) in [4.78, 5) is 12.2. The summed E-state index contributed by atoms with van der Waals surface area (Å²) in [5.41, 5.74) is 0.866. The molecule has 0 atom stereocenters. The van der Waals surface area contributed by atoms with Crippen LogP contribution in [0.4, 0.5) is 0 Å². The summed E-state index contributed by atoms with van der Waals surface area (Å²) in [6, 6.07) is 19.7. The van der Waals surface area contributed by atoms with Gasteiger partial charge in [0.05, 0.1) is 20.3 Å². The largest absolute Gasteiger partial charge is 0.493 e. The standard InChI is InChI=1S/C27H31NO4/c1-3-4-7-18-31-25-15-13-21(20-26(25)30-2)14-16-27(29)28-17-19-32-24-12-8-10-22-9-5-6-11-23(22)24/h5-6,8-16,20H,3-4,7,17-19H2,1-2H3,(H,28,29)/b16-14+. The van der Waals surface area contributed by atoms with Crippen LogP contribution in [0.3, 0.4) is 0 Å². The third kappa shape index (κ3) is 6.77. The maximum absolute atomic E-state index is 12.2. The van der Waals surface area contributed by atoms with Gasteiger partial charge in [-0.05, 0) is 41.6 Å². The van der Waals surface area contributed by atoms with Gasteiger partial charge in [-0.3, -0.25) is 4.79 Å². The number of methoxy groups -OCH3 is 1. The van der Waals surface area contributed by atoms with E-state index in [1.165, 1.54) is 6.08 Å². The Kier molecular flexibility index (Phi) is 8.99. The quantitative estimate of drug-likeness (QED) is 0.297. The molecule has 0 spiro atoms. The summed E-state index contributed by atoms with van der Waals surface area (Å²) in [5.74, 6) is 2.02. The number of carbonyl (C=O) groups excluding carboxylic acids is 1. The molecule has 1 amide bonds. The first-order chi connectivity index (χ1) is 15.7. The zero-order valence-electron chi connectivity index (χ0n) is 18.8. The van der Waals surface area contributed by atoms with Crippen molar-refractivity contribution in [2.45, 2.75) is 26.2 Å². The Morgan fingerprint density at radius 3 is 2.56 bits per heavy atom. The number of nitrogens with one attached hydrogen (secondary N) is 1. The molecule has 0 aliphatic carbocycles. The lowest BCUT2D eigenvalue weighted by Gasteiger charge is -2.11. The number of hydrogen-bond donors (Lipinski definition) is 1. The minimum Gasteiger partial charge on any atom is -0.493 e. The summed E-state index contributed by atoms with van der Waals surface area (Å²) < 4.78 is 17.1. The first-order valence-corrected chi connectivity index (χ1v) is 11.1. The van der Waals surface area contributed by atoms with Gasteiger partial charge in [-0.25, -0.2) is 0 Å². The SMILES string of the molecule is CCCCCOc1ccc(/C=C/C(=O)NCCOc2cccc3ccccc23)cc1OC. The van der Waals surface area contributed by atoms with Crippen molar-refractivity contribution in [3.05, 3.63) is 72.3 Å². The summed E-state index contributed by atoms with van der Waals surface area (Å²) in [6.45, 7) is 3.64. The number of hydrogen-bond acceptors (Lipinski definition) is 4. The second-order valence-electron chi connectivity index (χ2n) is 7.42. The van der Waals surface area contributed by atoms with Crippen molar-refractivity contribution in [3.63, 3.8) is 0 Å². The zero-order chi connectivity index (χ0) is 22.6. The van der Waals surface area contributed by atoms with Crippen LogP contribution in [0.1, 0.15) is 31.7 Å². The van der Waals surface area contributed by atoms with E-state index < -0.39 is 0 Å². The molecule has 0 unspecified atom stereocenters. The molecule has 3 aromatic carbocycles. The second kappa shape index (κ2) is 12.4. The van der Waals surface area contributed by atoms with Gasteiger partial charge in [-0.1, -0.05) is 62.2 Å². The monoisotopic (exact) mass is 433 g/mol. The van der Waals surface area contributed by atoms with Gasteiger partial charge in [0.1, 0.15) is 12.4 Å². The predicted molar refractivity (Wildman–Crippen MR) is 130 cm³/mol. The molecule has 168 valence electrons. The normalized spacial score (nSPS) is 10.9. The summed E-state index contributed by atoms with van der Waals surface area (Å²) in [6.07, 6.45) is 6.58. The van der Waals surface area contributed by atoms with Gasteiger partial charge >= 0.3 is 0 Å². The fourth-order valence-corrected chi connectivity index (χ4v) is 3.33. The molecule has 3 rings (SSSR count). The van der Waals surface area contributed by atoms with Crippen LogP contribution in [0.5, 0.6) is 17.2 Å². The Labute approximate surface area is 190 Å². The van der Waals surface area contributed by atoms with Gasteiger partial charge in [0, 0.05) is 11.5 Å². The van der Waals surface area contributed by atoms with Gasteiger partial charge in [0.25, 0.3) is 0 Å². The van der Waals surface area contributed by atoms with E-state index in [0.29, 0.717) is 25.5 Å². The van der Waals surface area contributed by atoms with Crippen molar-refractivity contribution in [1.82, 2.24) is 5.32 Å². The van der Waals surface area contributed by atoms with Crippen molar-refractivity contribution in [2.75, 3.05) is 26.9 Å². The van der Waals surface area contributed by atoms with Crippen molar-refractivity contribution >= 4 is 22.8 Å². The van der Waals surface area contributed by atoms with Crippen LogP contribution in [0.15, 0.2) is 66.7 Å². The maximum Gasteiger partial charge on any atom is 0.244 e. The third-order valence-corrected chi connectivity index (χ3v) is 5.03. The zero-order valence-corrected chi connectivity index (χ0v) is 18.8. The van der Waals surface area contributed by atoms with Crippen molar-refractivity contribution < 1.29 is 19.0 Å². The molecule has 0 aliphatic heterocycles. The summed E-state index contributed by atoms with van der Waals surface area (Å²) in [7, 11) is 1.62. The molecular formula is C27H31NO4. The summed E-state index contributed by atoms with van der Waals surface area (Å²) >= 11 is 0. The Hall–Kier alpha value is -3.47. The molecule has 5 heteroatoms. The third-order valence-electron chi connectivity index (χ3n) is 5.03. The first-order valence-electron chi connectivity index (χ1n) is 11.1. The summed E-state index contributed by atoms with van der Waals surface area (Å²) in [5, 5.41) is 5.04. The molecule has 0 aliphatic rings. The van der Waals surface area contributed by atoms with Crippen LogP contribution in [0.2, 0.25) is 0 Å². The highest BCUT2D eigenvalue weighted by Crippen LogP contribution is 2.29. The van der Waals surface area contributed by atoms with E-state index in [0.717, 1.165) is 47.1 Å². The van der Waals surface area contributed by atoms with Gasteiger partial charge in [0.2, 0.25) is 5.91 Å². The van der Waals surface area contributed by atoms with E-state index in [2.05, 4.69) is 24.4 Å². The lowest BCUT2D eigenvalue weighted by molar-refractivity contribution is -0.116. The number of benzene rings is 3. The first kappa shape index (κ1) is 23.2. The van der Waals surface area contributed by atoms with Gasteiger partial charge in [-0.2, -0.15) is 0 Å². The maximum atomic E-state index is 12.2. The lowest BCUT2D eigenvalue weighted by Crippen LogP contribution is -2.26. The minimum absolute atomic E-state index is 0.176. The van der Waals surface area contributed by atoms with Crippen LogP contribution < -0.4 is 19.5 Å². The predicted octanol–water partition coefficient (Wildman–Crippen LogP) is 5.63. The Bertz CT molecular complexity index is 1040. The number of fused-ring (bicyclic) bond motifs is 1. The van der Waals surface area contributed by atoms with Crippen molar-refractivity contribution in [2.24, 2.45) is 0 Å². The fourth-order valence-electron chi connectivity index (χ4n) is 3.33. The average molecular weight is 434 g/mol. The average Bonchev–Trinajstić information content (AvgIpc) is 2.83. The topological polar surface area (TPSA) is 56.8 Å². The van der Waals surface area contributed by atoms with Crippen LogP contribution in [-0.4, -0.2) is 32.8 Å². The van der Waals surface area contributed by atoms with Crippen LogP contribution >= 0.6 is 0 Å². The molecule has 0 heterocycles. The van der Waals surface area contributed by atoms with E-state index in [4.69, 9.17) is 14.2 Å². The second-order valence-corrected chi connectivity index (χ2v) is 7.42. The van der Waals surface area contributed by atoms with E-state index >= 15 is 0 Å². The molecule has 0 radical (unpaired) electrons. The fraction of sp³-hybridized carbons (Fsp3) is 0.296. The smallest absolute Gasteiger partial charge is 0.244 e. The van der Waals surface area contributed by atoms with Crippen LogP contribution in [0.25, 0.3) is 16.8 Å². The Morgan fingerprint density at radius 2 is 1.72 bits per heavy atom. The van der Waals surface area contributed by atoms with E-state index in [1.54, 1.807) is 13.2 Å². The molecule has 0 bridgehead atoms. The number of carbonyl (C=O) groups is 1.